The third kappa shape index (κ3) is 5.07. The molecule has 0 bridgehead atoms. The molecule has 130 valence electrons. The zero-order chi connectivity index (χ0) is 18.2. The number of nitrogens with zero attached hydrogens (tertiary/aromatic N) is 2. The van der Waals surface area contributed by atoms with E-state index in [1.165, 1.54) is 0 Å². The lowest BCUT2D eigenvalue weighted by molar-refractivity contribution is -0.117. The highest BCUT2D eigenvalue weighted by Gasteiger charge is 2.14. The molecule has 0 atom stereocenters. The minimum Gasteiger partial charge on any atom is -0.468 e. The van der Waals surface area contributed by atoms with Gasteiger partial charge in [0.25, 0.3) is 0 Å². The Morgan fingerprint density at radius 2 is 1.77 bits per heavy atom. The largest absolute Gasteiger partial charge is 0.468 e. The lowest BCUT2D eigenvalue weighted by atomic mass is 10.2. The van der Waals surface area contributed by atoms with Gasteiger partial charge >= 0.3 is 0 Å². The lowest BCUT2D eigenvalue weighted by Crippen LogP contribution is -2.32. The zero-order valence-corrected chi connectivity index (χ0v) is 14.3. The number of furan rings is 1. The van der Waals surface area contributed by atoms with Gasteiger partial charge in [0.2, 0.25) is 5.91 Å². The van der Waals surface area contributed by atoms with Gasteiger partial charge in [-0.3, -0.25) is 9.69 Å². The average molecular weight is 345 g/mol. The Hall–Kier alpha value is -3.36. The van der Waals surface area contributed by atoms with Crippen molar-refractivity contribution in [3.8, 4) is 6.07 Å². The second-order valence-corrected chi connectivity index (χ2v) is 5.95. The van der Waals surface area contributed by atoms with Crippen LogP contribution in [0, 0.1) is 11.3 Å². The van der Waals surface area contributed by atoms with Crippen LogP contribution in [0.3, 0.4) is 0 Å². The molecule has 0 spiro atoms. The summed E-state index contributed by atoms with van der Waals surface area (Å²) in [7, 11) is 0. The molecule has 5 nitrogen and oxygen atoms in total. The molecule has 0 aliphatic heterocycles. The van der Waals surface area contributed by atoms with Crippen molar-refractivity contribution in [1.29, 1.82) is 5.26 Å². The molecule has 0 radical (unpaired) electrons. The Balaban J connectivity index is 1.65. The van der Waals surface area contributed by atoms with Crippen LogP contribution in [0.15, 0.2) is 77.4 Å². The minimum absolute atomic E-state index is 0.114. The Morgan fingerprint density at radius 1 is 1.00 bits per heavy atom. The van der Waals surface area contributed by atoms with Crippen LogP contribution in [0.25, 0.3) is 0 Å². The molecule has 0 aliphatic carbocycles. The molecule has 0 unspecified atom stereocenters. The van der Waals surface area contributed by atoms with Crippen LogP contribution in [-0.2, 0) is 17.9 Å². The summed E-state index contributed by atoms with van der Waals surface area (Å²) in [6.45, 7) is 1.42. The van der Waals surface area contributed by atoms with E-state index in [1.807, 2.05) is 47.4 Å². The van der Waals surface area contributed by atoms with E-state index in [2.05, 4.69) is 11.4 Å². The Kier molecular flexibility index (Phi) is 5.81. The van der Waals surface area contributed by atoms with Crippen LogP contribution in [0.4, 0.5) is 5.69 Å². The Morgan fingerprint density at radius 3 is 2.42 bits per heavy atom. The van der Waals surface area contributed by atoms with Crippen LogP contribution < -0.4 is 5.32 Å². The minimum atomic E-state index is -0.114. The fraction of sp³-hybridized carbons (Fsp3) is 0.143. The Labute approximate surface area is 152 Å². The third-order valence-electron chi connectivity index (χ3n) is 3.87. The summed E-state index contributed by atoms with van der Waals surface area (Å²) in [5.41, 5.74) is 2.36. The second-order valence-electron chi connectivity index (χ2n) is 5.95. The summed E-state index contributed by atoms with van der Waals surface area (Å²) in [6.07, 6.45) is 1.63. The van der Waals surface area contributed by atoms with Crippen molar-refractivity contribution >= 4 is 11.6 Å². The molecule has 3 rings (SSSR count). The first kappa shape index (κ1) is 17.5. The van der Waals surface area contributed by atoms with Crippen molar-refractivity contribution in [2.24, 2.45) is 0 Å². The zero-order valence-electron chi connectivity index (χ0n) is 14.3. The van der Waals surface area contributed by atoms with Gasteiger partial charge in [-0.1, -0.05) is 30.3 Å². The number of nitrogens with one attached hydrogen (secondary N) is 1. The average Bonchev–Trinajstić information content (AvgIpc) is 3.16. The molecule has 26 heavy (non-hydrogen) atoms. The Bertz CT molecular complexity index is 866. The molecule has 0 saturated carbocycles. The van der Waals surface area contributed by atoms with E-state index >= 15 is 0 Å². The molecule has 0 fully saturated rings. The molecule has 2 aromatic carbocycles. The van der Waals surface area contributed by atoms with Gasteiger partial charge in [0.05, 0.1) is 31.0 Å². The van der Waals surface area contributed by atoms with Gasteiger partial charge in [-0.25, -0.2) is 0 Å². The van der Waals surface area contributed by atoms with E-state index in [4.69, 9.17) is 9.68 Å². The van der Waals surface area contributed by atoms with Crippen molar-refractivity contribution in [2.45, 2.75) is 13.1 Å². The third-order valence-corrected chi connectivity index (χ3v) is 3.87. The number of amides is 1. The standard InChI is InChI=1S/C21H19N3O2/c22-13-17-8-10-19(11-9-17)23-21(25)16-24(15-20-7-4-12-26-20)14-18-5-2-1-3-6-18/h1-12H,14-16H2,(H,23,25). The monoisotopic (exact) mass is 345 g/mol. The van der Waals surface area contributed by atoms with Crippen molar-refractivity contribution < 1.29 is 9.21 Å². The lowest BCUT2D eigenvalue weighted by Gasteiger charge is -2.21. The predicted molar refractivity (Wildman–Crippen MR) is 99.1 cm³/mol. The van der Waals surface area contributed by atoms with Crippen LogP contribution in [0.2, 0.25) is 0 Å². The molecule has 1 heterocycles. The van der Waals surface area contributed by atoms with Crippen molar-refractivity contribution in [2.75, 3.05) is 11.9 Å². The highest BCUT2D eigenvalue weighted by molar-refractivity contribution is 5.92. The van der Waals surface area contributed by atoms with E-state index in [1.54, 1.807) is 30.5 Å². The topological polar surface area (TPSA) is 69.3 Å². The van der Waals surface area contributed by atoms with E-state index in [0.29, 0.717) is 24.3 Å². The van der Waals surface area contributed by atoms with Crippen molar-refractivity contribution in [3.63, 3.8) is 0 Å². The number of carbonyl (C=O) groups excluding carboxylic acids is 1. The molecule has 1 amide bonds. The van der Waals surface area contributed by atoms with Crippen molar-refractivity contribution in [1.82, 2.24) is 4.90 Å². The van der Waals surface area contributed by atoms with Gasteiger partial charge in [-0.2, -0.15) is 5.26 Å². The van der Waals surface area contributed by atoms with E-state index < -0.39 is 0 Å². The smallest absolute Gasteiger partial charge is 0.238 e. The summed E-state index contributed by atoms with van der Waals surface area (Å²) in [4.78, 5) is 14.5. The molecule has 3 aromatic rings. The SMILES string of the molecule is N#Cc1ccc(NC(=O)CN(Cc2ccccc2)Cc2ccco2)cc1. The summed E-state index contributed by atoms with van der Waals surface area (Å²) in [6, 6.07) is 22.6. The van der Waals surface area contributed by atoms with Gasteiger partial charge in [0.1, 0.15) is 5.76 Å². The fourth-order valence-corrected chi connectivity index (χ4v) is 2.66. The fourth-order valence-electron chi connectivity index (χ4n) is 2.66. The van der Waals surface area contributed by atoms with Crippen LogP contribution in [-0.4, -0.2) is 17.4 Å². The molecule has 1 aromatic heterocycles. The van der Waals surface area contributed by atoms with Crippen LogP contribution in [0.1, 0.15) is 16.9 Å². The maximum Gasteiger partial charge on any atom is 0.238 e. The number of anilines is 1. The first-order chi connectivity index (χ1) is 12.7. The van der Waals surface area contributed by atoms with Crippen LogP contribution >= 0.6 is 0 Å². The molecule has 0 aliphatic rings. The van der Waals surface area contributed by atoms with Gasteiger partial charge in [-0.15, -0.1) is 0 Å². The number of hydrogen-bond acceptors (Lipinski definition) is 4. The normalized spacial score (nSPS) is 10.5. The maximum atomic E-state index is 12.4. The number of carbonyl (C=O) groups is 1. The van der Waals surface area contributed by atoms with Gasteiger partial charge in [0, 0.05) is 12.2 Å². The second kappa shape index (κ2) is 8.65. The first-order valence-electron chi connectivity index (χ1n) is 8.31. The van der Waals surface area contributed by atoms with Crippen molar-refractivity contribution in [3.05, 3.63) is 89.9 Å². The highest BCUT2D eigenvalue weighted by atomic mass is 16.3. The summed E-state index contributed by atoms with van der Waals surface area (Å²) >= 11 is 0. The molecular formula is C21H19N3O2. The van der Waals surface area contributed by atoms with E-state index in [9.17, 15) is 4.79 Å². The quantitative estimate of drug-likeness (QED) is 0.707. The molecule has 5 heteroatoms. The van der Waals surface area contributed by atoms with Gasteiger partial charge < -0.3 is 9.73 Å². The van der Waals surface area contributed by atoms with E-state index in [-0.39, 0.29) is 12.5 Å². The van der Waals surface area contributed by atoms with Crippen LogP contribution in [0.5, 0.6) is 0 Å². The first-order valence-corrected chi connectivity index (χ1v) is 8.31. The van der Waals surface area contributed by atoms with Gasteiger partial charge in [0.15, 0.2) is 0 Å². The molecular weight excluding hydrogens is 326 g/mol. The summed E-state index contributed by atoms with van der Waals surface area (Å²) < 4.78 is 5.42. The molecule has 0 saturated heterocycles. The summed E-state index contributed by atoms with van der Waals surface area (Å²) in [5.74, 6) is 0.698. The highest BCUT2D eigenvalue weighted by Crippen LogP contribution is 2.12. The molecule has 1 N–H and O–H groups in total. The van der Waals surface area contributed by atoms with E-state index in [0.717, 1.165) is 11.3 Å². The number of benzene rings is 2. The van der Waals surface area contributed by atoms with Gasteiger partial charge in [-0.05, 0) is 42.0 Å². The maximum absolute atomic E-state index is 12.4. The number of rotatable bonds is 7. The predicted octanol–water partition coefficient (Wildman–Crippen LogP) is 3.79. The number of nitriles is 1. The summed E-state index contributed by atoms with van der Waals surface area (Å²) in [5, 5.41) is 11.7. The number of hydrogen-bond donors (Lipinski definition) is 1.